The highest BCUT2D eigenvalue weighted by molar-refractivity contribution is 5.51. The van der Waals surface area contributed by atoms with E-state index in [-0.39, 0.29) is 11.5 Å². The van der Waals surface area contributed by atoms with Crippen molar-refractivity contribution in [3.05, 3.63) is 17.7 Å². The van der Waals surface area contributed by atoms with E-state index in [0.717, 1.165) is 0 Å². The molecule has 0 spiro atoms. The second-order valence-electron chi connectivity index (χ2n) is 2.26. The van der Waals surface area contributed by atoms with Gasteiger partial charge in [-0.3, -0.25) is 0 Å². The lowest BCUT2D eigenvalue weighted by Crippen LogP contribution is -1.87. The molecule has 0 aliphatic heterocycles. The van der Waals surface area contributed by atoms with Crippen LogP contribution in [0.4, 0.5) is 0 Å². The van der Waals surface area contributed by atoms with Crippen molar-refractivity contribution < 1.29 is 14.9 Å². The van der Waals surface area contributed by atoms with Crippen LogP contribution in [-0.2, 0) is 0 Å². The molecule has 0 radical (unpaired) electrons. The van der Waals surface area contributed by atoms with E-state index < -0.39 is 0 Å². The average Bonchev–Trinajstić information content (AvgIpc) is 1.99. The second-order valence-corrected chi connectivity index (χ2v) is 2.26. The molecule has 3 heteroatoms. The number of ether oxygens (including phenoxy) is 1. The summed E-state index contributed by atoms with van der Waals surface area (Å²) in [4.78, 5) is 0. The normalized spacial score (nSPS) is 9.64. The third-order valence-electron chi connectivity index (χ3n) is 1.56. The Morgan fingerprint density at radius 3 is 2.18 bits per heavy atom. The quantitative estimate of drug-likeness (QED) is 0.601. The maximum absolute atomic E-state index is 9.18. The first kappa shape index (κ1) is 7.72. The minimum absolute atomic E-state index is 0.0443. The molecule has 2 N–H and O–H groups in total. The summed E-state index contributed by atoms with van der Waals surface area (Å²) in [6.45, 7) is 1.67. The van der Waals surface area contributed by atoms with E-state index in [1.807, 2.05) is 0 Å². The standard InChI is InChI=1S/C8H10O3/c1-5-6(9)3-4-7(10)8(5)11-2/h3-4,9-10H,1-2H3. The lowest BCUT2D eigenvalue weighted by atomic mass is 10.2. The van der Waals surface area contributed by atoms with Crippen LogP contribution in [-0.4, -0.2) is 17.3 Å². The van der Waals surface area contributed by atoms with E-state index in [1.165, 1.54) is 19.2 Å². The molecule has 0 saturated heterocycles. The molecule has 1 aromatic rings. The smallest absolute Gasteiger partial charge is 0.167 e. The van der Waals surface area contributed by atoms with E-state index >= 15 is 0 Å². The summed E-state index contributed by atoms with van der Waals surface area (Å²) < 4.78 is 4.85. The molecule has 0 heterocycles. The van der Waals surface area contributed by atoms with E-state index in [2.05, 4.69) is 0 Å². The Kier molecular flexibility index (Phi) is 1.89. The SMILES string of the molecule is COc1c(O)ccc(O)c1C. The fourth-order valence-electron chi connectivity index (χ4n) is 0.925. The van der Waals surface area contributed by atoms with Gasteiger partial charge in [-0.2, -0.15) is 0 Å². The lowest BCUT2D eigenvalue weighted by Gasteiger charge is -2.07. The minimum Gasteiger partial charge on any atom is -0.508 e. The van der Waals surface area contributed by atoms with Crippen molar-refractivity contribution >= 4 is 0 Å². The molecule has 1 aromatic carbocycles. The number of phenolic OH excluding ortho intramolecular Hbond substituents is 2. The topological polar surface area (TPSA) is 49.7 Å². The molecule has 0 bridgehead atoms. The van der Waals surface area contributed by atoms with Crippen molar-refractivity contribution in [2.75, 3.05) is 7.11 Å². The molecule has 0 aliphatic rings. The molecule has 1 rings (SSSR count). The van der Waals surface area contributed by atoms with Gasteiger partial charge in [-0.1, -0.05) is 0 Å². The minimum atomic E-state index is 0.0443. The monoisotopic (exact) mass is 154 g/mol. The fourth-order valence-corrected chi connectivity index (χ4v) is 0.925. The molecule has 0 aliphatic carbocycles. The summed E-state index contributed by atoms with van der Waals surface area (Å²) >= 11 is 0. The zero-order valence-corrected chi connectivity index (χ0v) is 6.46. The van der Waals surface area contributed by atoms with E-state index in [4.69, 9.17) is 9.84 Å². The first-order chi connectivity index (χ1) is 5.16. The van der Waals surface area contributed by atoms with Crippen molar-refractivity contribution in [1.29, 1.82) is 0 Å². The van der Waals surface area contributed by atoms with Gasteiger partial charge in [0.15, 0.2) is 11.5 Å². The Bertz CT molecular complexity index is 268. The second kappa shape index (κ2) is 2.70. The predicted octanol–water partition coefficient (Wildman–Crippen LogP) is 1.41. The Hall–Kier alpha value is -1.38. The number of phenols is 2. The van der Waals surface area contributed by atoms with Gasteiger partial charge >= 0.3 is 0 Å². The number of aromatic hydroxyl groups is 2. The lowest BCUT2D eigenvalue weighted by molar-refractivity contribution is 0.365. The van der Waals surface area contributed by atoms with Crippen molar-refractivity contribution in [2.45, 2.75) is 6.92 Å². The average molecular weight is 154 g/mol. The van der Waals surface area contributed by atoms with Gasteiger partial charge in [0.05, 0.1) is 7.11 Å². The van der Waals surface area contributed by atoms with E-state index in [9.17, 15) is 5.11 Å². The van der Waals surface area contributed by atoms with Crippen molar-refractivity contribution in [2.24, 2.45) is 0 Å². The molecule has 60 valence electrons. The number of hydrogen-bond acceptors (Lipinski definition) is 3. The van der Waals surface area contributed by atoms with Crippen LogP contribution >= 0.6 is 0 Å². The summed E-state index contributed by atoms with van der Waals surface area (Å²) in [5, 5.41) is 18.3. The molecular formula is C8H10O3. The van der Waals surface area contributed by atoms with E-state index in [0.29, 0.717) is 11.3 Å². The van der Waals surface area contributed by atoms with Crippen molar-refractivity contribution in [1.82, 2.24) is 0 Å². The zero-order chi connectivity index (χ0) is 8.43. The van der Waals surface area contributed by atoms with Crippen LogP contribution in [0.2, 0.25) is 0 Å². The summed E-state index contributed by atoms with van der Waals surface area (Å²) in [5.74, 6) is 0.493. The van der Waals surface area contributed by atoms with Gasteiger partial charge in [-0.25, -0.2) is 0 Å². The van der Waals surface area contributed by atoms with Crippen molar-refractivity contribution in [3.8, 4) is 17.2 Å². The van der Waals surface area contributed by atoms with Crippen LogP contribution in [0.3, 0.4) is 0 Å². The van der Waals surface area contributed by atoms with Gasteiger partial charge in [0.25, 0.3) is 0 Å². The van der Waals surface area contributed by atoms with Crippen LogP contribution in [0.15, 0.2) is 12.1 Å². The third kappa shape index (κ3) is 1.22. The Morgan fingerprint density at radius 1 is 1.18 bits per heavy atom. The third-order valence-corrected chi connectivity index (χ3v) is 1.56. The summed E-state index contributed by atoms with van der Waals surface area (Å²) in [6, 6.07) is 2.81. The highest BCUT2D eigenvalue weighted by Crippen LogP contribution is 2.34. The van der Waals surface area contributed by atoms with Gasteiger partial charge in [0.2, 0.25) is 0 Å². The Labute approximate surface area is 64.9 Å². The Morgan fingerprint density at radius 2 is 1.73 bits per heavy atom. The van der Waals surface area contributed by atoms with Gasteiger partial charge in [-0.15, -0.1) is 0 Å². The van der Waals surface area contributed by atoms with Crippen LogP contribution in [0.1, 0.15) is 5.56 Å². The van der Waals surface area contributed by atoms with Gasteiger partial charge in [0.1, 0.15) is 5.75 Å². The molecule has 0 amide bonds. The highest BCUT2D eigenvalue weighted by atomic mass is 16.5. The predicted molar refractivity (Wildman–Crippen MR) is 41.1 cm³/mol. The van der Waals surface area contributed by atoms with Crippen LogP contribution in [0, 0.1) is 6.92 Å². The molecule has 0 aromatic heterocycles. The van der Waals surface area contributed by atoms with Crippen molar-refractivity contribution in [3.63, 3.8) is 0 Å². The number of benzene rings is 1. The highest BCUT2D eigenvalue weighted by Gasteiger charge is 2.07. The van der Waals surface area contributed by atoms with Crippen LogP contribution < -0.4 is 4.74 Å². The summed E-state index contributed by atoms with van der Waals surface area (Å²) in [6.07, 6.45) is 0. The molecule has 11 heavy (non-hydrogen) atoms. The number of methoxy groups -OCH3 is 1. The van der Waals surface area contributed by atoms with Crippen LogP contribution in [0.25, 0.3) is 0 Å². The number of rotatable bonds is 1. The number of hydrogen-bond donors (Lipinski definition) is 2. The molecule has 3 nitrogen and oxygen atoms in total. The maximum atomic E-state index is 9.18. The summed E-state index contributed by atoms with van der Waals surface area (Å²) in [7, 11) is 1.45. The van der Waals surface area contributed by atoms with Gasteiger partial charge in [-0.05, 0) is 19.1 Å². The maximum Gasteiger partial charge on any atom is 0.167 e. The van der Waals surface area contributed by atoms with Gasteiger partial charge < -0.3 is 14.9 Å². The van der Waals surface area contributed by atoms with E-state index in [1.54, 1.807) is 6.92 Å². The Balaban J connectivity index is 3.29. The molecule has 0 unspecified atom stereocenters. The summed E-state index contributed by atoms with van der Waals surface area (Å²) in [5.41, 5.74) is 0.549. The first-order valence-corrected chi connectivity index (χ1v) is 3.22. The largest absolute Gasteiger partial charge is 0.508 e. The van der Waals surface area contributed by atoms with Gasteiger partial charge in [0, 0.05) is 5.56 Å². The fraction of sp³-hybridized carbons (Fsp3) is 0.250. The molecule has 0 atom stereocenters. The first-order valence-electron chi connectivity index (χ1n) is 3.22. The molecule has 0 fully saturated rings. The zero-order valence-electron chi connectivity index (χ0n) is 6.46. The molecule has 0 saturated carbocycles. The van der Waals surface area contributed by atoms with Crippen LogP contribution in [0.5, 0.6) is 17.2 Å². The molecular weight excluding hydrogens is 144 g/mol.